The van der Waals surface area contributed by atoms with Crippen molar-refractivity contribution in [1.82, 2.24) is 4.98 Å². The molecule has 23 heavy (non-hydrogen) atoms. The van der Waals surface area contributed by atoms with E-state index in [-0.39, 0.29) is 6.04 Å². The summed E-state index contributed by atoms with van der Waals surface area (Å²) >= 11 is 5.16. The smallest absolute Gasteiger partial charge is 0.413 e. The van der Waals surface area contributed by atoms with Crippen molar-refractivity contribution < 1.29 is 9.53 Å². The molecule has 7 heteroatoms. The molecule has 124 valence electrons. The van der Waals surface area contributed by atoms with Gasteiger partial charge >= 0.3 is 6.09 Å². The summed E-state index contributed by atoms with van der Waals surface area (Å²) in [6.07, 6.45) is 1.17. The maximum atomic E-state index is 11.7. The molecule has 0 aliphatic carbocycles. The lowest BCUT2D eigenvalue weighted by Crippen LogP contribution is -2.27. The van der Waals surface area contributed by atoms with Crippen molar-refractivity contribution in [3.05, 3.63) is 39.1 Å². The van der Waals surface area contributed by atoms with Gasteiger partial charge in [0.25, 0.3) is 0 Å². The van der Waals surface area contributed by atoms with Crippen molar-refractivity contribution >= 4 is 44.9 Å². The zero-order chi connectivity index (χ0) is 17.0. The van der Waals surface area contributed by atoms with Gasteiger partial charge in [0.1, 0.15) is 11.4 Å². The summed E-state index contributed by atoms with van der Waals surface area (Å²) in [6.45, 7) is 7.54. The third-order valence-corrected chi connectivity index (χ3v) is 4.60. The molecule has 0 saturated heterocycles. The number of nitrogens with zero attached hydrogens (tertiary/aromatic N) is 1. The Bertz CT molecular complexity index is 665. The molecule has 0 spiro atoms. The van der Waals surface area contributed by atoms with Gasteiger partial charge in [-0.2, -0.15) is 0 Å². The van der Waals surface area contributed by atoms with E-state index in [0.29, 0.717) is 5.82 Å². The van der Waals surface area contributed by atoms with Crippen LogP contribution in [0.15, 0.2) is 34.2 Å². The Kier molecular flexibility index (Phi) is 5.64. The maximum Gasteiger partial charge on any atom is 0.413 e. The highest BCUT2D eigenvalue weighted by Crippen LogP contribution is 2.29. The SMILES string of the molecule is CC(Nc1ccc(NC(=O)OC(C)(C)C)nc1)c1ccc(Br)s1. The van der Waals surface area contributed by atoms with Crippen LogP contribution in [-0.2, 0) is 4.74 Å². The number of hydrogen-bond donors (Lipinski definition) is 2. The third kappa shape index (κ3) is 5.84. The van der Waals surface area contributed by atoms with E-state index in [9.17, 15) is 4.79 Å². The first-order chi connectivity index (χ1) is 10.7. The lowest BCUT2D eigenvalue weighted by molar-refractivity contribution is 0.0635. The molecule has 0 aliphatic heterocycles. The molecule has 1 unspecified atom stereocenters. The van der Waals surface area contributed by atoms with Gasteiger partial charge in [-0.3, -0.25) is 5.32 Å². The Labute approximate surface area is 148 Å². The number of carbonyl (C=O) groups excluding carboxylic acids is 1. The van der Waals surface area contributed by atoms with Gasteiger partial charge in [-0.25, -0.2) is 9.78 Å². The molecule has 1 atom stereocenters. The Balaban J connectivity index is 1.93. The minimum atomic E-state index is -0.532. The topological polar surface area (TPSA) is 63.2 Å². The number of aromatic nitrogens is 1. The minimum Gasteiger partial charge on any atom is -0.444 e. The number of carbonyl (C=O) groups is 1. The molecule has 2 heterocycles. The van der Waals surface area contributed by atoms with E-state index in [0.717, 1.165) is 9.47 Å². The molecule has 5 nitrogen and oxygen atoms in total. The second kappa shape index (κ2) is 7.31. The normalized spacial score (nSPS) is 12.6. The lowest BCUT2D eigenvalue weighted by atomic mass is 10.2. The summed E-state index contributed by atoms with van der Waals surface area (Å²) in [5, 5.41) is 5.98. The number of nitrogens with one attached hydrogen (secondary N) is 2. The summed E-state index contributed by atoms with van der Waals surface area (Å²) in [7, 11) is 0. The standard InChI is InChI=1S/C16H20BrN3O2S/c1-10(12-6-7-13(17)23-12)19-11-5-8-14(18-9-11)20-15(21)22-16(2,3)4/h5-10,19H,1-4H3,(H,18,20,21). The van der Waals surface area contributed by atoms with Crippen LogP contribution in [-0.4, -0.2) is 16.7 Å². The number of anilines is 2. The van der Waals surface area contributed by atoms with Crippen molar-refractivity contribution in [2.75, 3.05) is 10.6 Å². The molecule has 0 saturated carbocycles. The second-order valence-corrected chi connectivity index (χ2v) is 8.56. The zero-order valence-electron chi connectivity index (χ0n) is 13.5. The van der Waals surface area contributed by atoms with Crippen molar-refractivity contribution in [3.8, 4) is 0 Å². The van der Waals surface area contributed by atoms with E-state index in [4.69, 9.17) is 4.74 Å². The Hall–Kier alpha value is -1.60. The molecule has 0 aliphatic rings. The third-order valence-electron chi connectivity index (χ3n) is 2.80. The van der Waals surface area contributed by atoms with Crippen LogP contribution in [0.25, 0.3) is 0 Å². The first-order valence-electron chi connectivity index (χ1n) is 7.21. The summed E-state index contributed by atoms with van der Waals surface area (Å²) in [6, 6.07) is 7.91. The highest BCUT2D eigenvalue weighted by atomic mass is 79.9. The molecule has 2 rings (SSSR count). The second-order valence-electron chi connectivity index (χ2n) is 6.07. The molecule has 2 aromatic heterocycles. The molecule has 0 radical (unpaired) electrons. The van der Waals surface area contributed by atoms with Crippen LogP contribution in [0.5, 0.6) is 0 Å². The van der Waals surface area contributed by atoms with Gasteiger partial charge in [0, 0.05) is 4.88 Å². The fourth-order valence-electron chi connectivity index (χ4n) is 1.84. The van der Waals surface area contributed by atoms with Crippen molar-refractivity contribution in [2.45, 2.75) is 39.3 Å². The fourth-order valence-corrected chi connectivity index (χ4v) is 3.27. The van der Waals surface area contributed by atoms with Crippen LogP contribution in [0.1, 0.15) is 38.6 Å². The van der Waals surface area contributed by atoms with Crippen LogP contribution in [0.3, 0.4) is 0 Å². The lowest BCUT2D eigenvalue weighted by Gasteiger charge is -2.19. The van der Waals surface area contributed by atoms with Crippen LogP contribution in [0, 0.1) is 0 Å². The summed E-state index contributed by atoms with van der Waals surface area (Å²) in [5.41, 5.74) is 0.354. The number of thiophene rings is 1. The Morgan fingerprint density at radius 2 is 2.04 bits per heavy atom. The molecule has 0 bridgehead atoms. The van der Waals surface area contributed by atoms with E-state index >= 15 is 0 Å². The zero-order valence-corrected chi connectivity index (χ0v) is 15.9. The molecular weight excluding hydrogens is 378 g/mol. The predicted octanol–water partition coefficient (Wildman–Crippen LogP) is 5.43. The molecule has 0 aromatic carbocycles. The average molecular weight is 398 g/mol. The molecular formula is C16H20BrN3O2S. The van der Waals surface area contributed by atoms with E-state index in [1.165, 1.54) is 4.88 Å². The minimum absolute atomic E-state index is 0.178. The Morgan fingerprint density at radius 1 is 1.30 bits per heavy atom. The number of pyridine rings is 1. The van der Waals surface area contributed by atoms with Crippen molar-refractivity contribution in [3.63, 3.8) is 0 Å². The Morgan fingerprint density at radius 3 is 2.57 bits per heavy atom. The van der Waals surface area contributed by atoms with Crippen LogP contribution in [0.2, 0.25) is 0 Å². The van der Waals surface area contributed by atoms with Gasteiger partial charge in [0.15, 0.2) is 0 Å². The van der Waals surface area contributed by atoms with Crippen molar-refractivity contribution in [2.24, 2.45) is 0 Å². The number of halogens is 1. The highest BCUT2D eigenvalue weighted by Gasteiger charge is 2.16. The number of rotatable bonds is 4. The van der Waals surface area contributed by atoms with Crippen LogP contribution >= 0.6 is 27.3 Å². The van der Waals surface area contributed by atoms with Gasteiger partial charge in [0.2, 0.25) is 0 Å². The predicted molar refractivity (Wildman–Crippen MR) is 98.2 cm³/mol. The van der Waals surface area contributed by atoms with Gasteiger partial charge in [-0.05, 0) is 67.9 Å². The van der Waals surface area contributed by atoms with Gasteiger partial charge in [-0.15, -0.1) is 11.3 Å². The first kappa shape index (κ1) is 17.7. The molecule has 2 aromatic rings. The summed E-state index contributed by atoms with van der Waals surface area (Å²) in [5.74, 6) is 0.455. The van der Waals surface area contributed by atoms with Crippen molar-refractivity contribution in [1.29, 1.82) is 0 Å². The van der Waals surface area contributed by atoms with E-state index in [2.05, 4.69) is 44.5 Å². The van der Waals surface area contributed by atoms with E-state index < -0.39 is 11.7 Å². The number of ether oxygens (including phenoxy) is 1. The summed E-state index contributed by atoms with van der Waals surface area (Å²) in [4.78, 5) is 17.1. The maximum absolute atomic E-state index is 11.7. The number of hydrogen-bond acceptors (Lipinski definition) is 5. The van der Waals surface area contributed by atoms with Gasteiger partial charge in [0.05, 0.1) is 21.7 Å². The largest absolute Gasteiger partial charge is 0.444 e. The van der Waals surface area contributed by atoms with Gasteiger partial charge in [-0.1, -0.05) is 0 Å². The average Bonchev–Trinajstić information content (AvgIpc) is 2.85. The first-order valence-corrected chi connectivity index (χ1v) is 8.82. The molecule has 0 fully saturated rings. The quantitative estimate of drug-likeness (QED) is 0.721. The van der Waals surface area contributed by atoms with Crippen LogP contribution in [0.4, 0.5) is 16.3 Å². The summed E-state index contributed by atoms with van der Waals surface area (Å²) < 4.78 is 6.30. The monoisotopic (exact) mass is 397 g/mol. The highest BCUT2D eigenvalue weighted by molar-refractivity contribution is 9.11. The van der Waals surface area contributed by atoms with Crippen LogP contribution < -0.4 is 10.6 Å². The number of amides is 1. The fraction of sp³-hybridized carbons (Fsp3) is 0.375. The molecule has 2 N–H and O–H groups in total. The van der Waals surface area contributed by atoms with Gasteiger partial charge < -0.3 is 10.1 Å². The molecule has 1 amide bonds. The van der Waals surface area contributed by atoms with E-state index in [1.807, 2.05) is 32.9 Å². The van der Waals surface area contributed by atoms with E-state index in [1.54, 1.807) is 23.6 Å².